The number of aromatic nitrogens is 2. The second-order valence-electron chi connectivity index (χ2n) is 7.67. The Morgan fingerprint density at radius 1 is 1.15 bits per heavy atom. The van der Waals surface area contributed by atoms with Gasteiger partial charge in [-0.05, 0) is 47.2 Å². The fraction of sp³-hybridized carbons (Fsp3) is 0.208. The molecule has 0 unspecified atom stereocenters. The lowest BCUT2D eigenvalue weighted by atomic mass is 10.0. The zero-order chi connectivity index (χ0) is 24.3. The maximum atomic E-state index is 12.7. The van der Waals surface area contributed by atoms with Crippen LogP contribution in [0, 0.1) is 0 Å². The van der Waals surface area contributed by atoms with Gasteiger partial charge in [0.05, 0.1) is 17.6 Å². The Kier molecular flexibility index (Phi) is 6.80. The number of esters is 1. The topological polar surface area (TPSA) is 90.1 Å². The molecule has 0 radical (unpaired) electrons. The number of alkyl halides is 3. The van der Waals surface area contributed by atoms with Gasteiger partial charge in [-0.15, -0.1) is 0 Å². The first-order valence-electron chi connectivity index (χ1n) is 10.3. The lowest BCUT2D eigenvalue weighted by Crippen LogP contribution is -2.31. The highest BCUT2D eigenvalue weighted by atomic mass is 32.1. The van der Waals surface area contributed by atoms with Gasteiger partial charge in [0.1, 0.15) is 0 Å². The first-order valence-corrected chi connectivity index (χ1v) is 11.1. The summed E-state index contributed by atoms with van der Waals surface area (Å²) in [4.78, 5) is 21.5. The number of nitrogens with zero attached hydrogens (tertiary/aromatic N) is 2. The minimum atomic E-state index is -4.37. The highest BCUT2D eigenvalue weighted by Crippen LogP contribution is 2.35. The molecule has 0 saturated carbocycles. The van der Waals surface area contributed by atoms with Gasteiger partial charge < -0.3 is 15.8 Å². The van der Waals surface area contributed by atoms with E-state index in [1.807, 2.05) is 24.3 Å². The van der Waals surface area contributed by atoms with Crippen molar-refractivity contribution in [1.82, 2.24) is 9.97 Å². The van der Waals surface area contributed by atoms with E-state index in [4.69, 9.17) is 10.5 Å². The van der Waals surface area contributed by atoms with Crippen molar-refractivity contribution >= 4 is 33.2 Å². The van der Waals surface area contributed by atoms with Gasteiger partial charge in [0.25, 0.3) is 0 Å². The van der Waals surface area contributed by atoms with E-state index in [-0.39, 0.29) is 11.7 Å². The van der Waals surface area contributed by atoms with Gasteiger partial charge in [0.2, 0.25) is 0 Å². The molecule has 0 amide bonds. The van der Waals surface area contributed by atoms with E-state index in [0.717, 1.165) is 28.5 Å². The van der Waals surface area contributed by atoms with Gasteiger partial charge in [-0.3, -0.25) is 4.98 Å². The summed E-state index contributed by atoms with van der Waals surface area (Å²) in [5.41, 5.74) is 7.19. The Morgan fingerprint density at radius 2 is 1.91 bits per heavy atom. The van der Waals surface area contributed by atoms with Crippen LogP contribution in [-0.2, 0) is 17.3 Å². The van der Waals surface area contributed by atoms with E-state index in [2.05, 4.69) is 15.3 Å². The number of hydrogen-bond donors (Lipinski definition) is 2. The number of hydrogen-bond acceptors (Lipinski definition) is 7. The molecule has 0 bridgehead atoms. The molecule has 34 heavy (non-hydrogen) atoms. The summed E-state index contributed by atoms with van der Waals surface area (Å²) in [6.07, 6.45) is -0.529. The van der Waals surface area contributed by atoms with Crippen LogP contribution in [0.2, 0.25) is 0 Å². The second kappa shape index (κ2) is 9.78. The number of fused-ring (bicyclic) bond motifs is 1. The third-order valence-corrected chi connectivity index (χ3v) is 6.27. The number of rotatable bonds is 7. The van der Waals surface area contributed by atoms with Gasteiger partial charge in [-0.2, -0.15) is 13.2 Å². The highest BCUT2D eigenvalue weighted by Gasteiger charge is 2.30. The third-order valence-electron chi connectivity index (χ3n) is 5.20. The van der Waals surface area contributed by atoms with Gasteiger partial charge in [0.15, 0.2) is 10.8 Å². The van der Waals surface area contributed by atoms with Crippen molar-refractivity contribution in [2.24, 2.45) is 5.73 Å². The number of methoxy groups -OCH3 is 1. The van der Waals surface area contributed by atoms with Crippen molar-refractivity contribution in [3.8, 4) is 10.4 Å². The smallest absolute Gasteiger partial charge is 0.416 e. The second-order valence-corrected chi connectivity index (χ2v) is 8.66. The molecule has 3 N–H and O–H groups in total. The number of carbonyl (C=O) groups excluding carboxylic acids is 1. The Morgan fingerprint density at radius 3 is 2.62 bits per heavy atom. The molecule has 0 spiro atoms. The maximum Gasteiger partial charge on any atom is 0.416 e. The first-order chi connectivity index (χ1) is 16.2. The summed E-state index contributed by atoms with van der Waals surface area (Å²) >= 11 is 1.30. The summed E-state index contributed by atoms with van der Waals surface area (Å²) < 4.78 is 43.1. The number of pyridine rings is 1. The van der Waals surface area contributed by atoms with Crippen LogP contribution >= 0.6 is 11.3 Å². The molecule has 2 aromatic heterocycles. The standard InChI is InChI=1S/C24H21F3N4O2S/c1-33-22(32)20-21(16-4-5-17-12-29-9-8-15(17)11-16)34-23(31-20)30-13-19(28)10-14-2-6-18(7-3-14)24(25,26)27/h2-9,11-12,19H,10,13,28H2,1H3,(H,30,31)/t19-/m1/s1. The predicted molar refractivity (Wildman–Crippen MR) is 126 cm³/mol. The molecule has 176 valence electrons. The van der Waals surface area contributed by atoms with Crippen LogP contribution in [0.25, 0.3) is 21.2 Å². The minimum Gasteiger partial charge on any atom is -0.464 e. The van der Waals surface area contributed by atoms with Crippen molar-refractivity contribution in [2.75, 3.05) is 19.0 Å². The third kappa shape index (κ3) is 5.35. The number of ether oxygens (including phenoxy) is 1. The van der Waals surface area contributed by atoms with E-state index in [1.54, 1.807) is 12.4 Å². The number of nitrogens with two attached hydrogens (primary N) is 1. The normalized spacial score (nSPS) is 12.5. The van der Waals surface area contributed by atoms with E-state index in [1.165, 1.54) is 30.6 Å². The Balaban J connectivity index is 1.48. The molecule has 0 aliphatic heterocycles. The molecule has 0 fully saturated rings. The average Bonchev–Trinajstić information content (AvgIpc) is 3.26. The number of halogens is 3. The number of benzene rings is 2. The maximum absolute atomic E-state index is 12.7. The summed E-state index contributed by atoms with van der Waals surface area (Å²) in [6, 6.07) is 12.2. The van der Waals surface area contributed by atoms with Crippen molar-refractivity contribution in [2.45, 2.75) is 18.6 Å². The Labute approximate surface area is 197 Å². The summed E-state index contributed by atoms with van der Waals surface area (Å²) in [5, 5.41) is 5.58. The van der Waals surface area contributed by atoms with Crippen molar-refractivity contribution in [3.05, 3.63) is 77.7 Å². The van der Waals surface area contributed by atoms with Gasteiger partial charge in [-0.1, -0.05) is 35.6 Å². The molecular weight excluding hydrogens is 465 g/mol. The summed E-state index contributed by atoms with van der Waals surface area (Å²) in [5.74, 6) is -0.553. The number of thiazole rings is 1. The molecule has 2 aromatic carbocycles. The van der Waals surface area contributed by atoms with E-state index >= 15 is 0 Å². The molecule has 2 heterocycles. The zero-order valence-electron chi connectivity index (χ0n) is 18.1. The zero-order valence-corrected chi connectivity index (χ0v) is 18.9. The molecular formula is C24H21F3N4O2S. The van der Waals surface area contributed by atoms with Gasteiger partial charge in [-0.25, -0.2) is 9.78 Å². The number of nitrogens with one attached hydrogen (secondary N) is 1. The van der Waals surface area contributed by atoms with Crippen molar-refractivity contribution in [1.29, 1.82) is 0 Å². The number of anilines is 1. The van der Waals surface area contributed by atoms with Crippen LogP contribution in [-0.4, -0.2) is 35.6 Å². The summed E-state index contributed by atoms with van der Waals surface area (Å²) in [6.45, 7) is 0.317. The van der Waals surface area contributed by atoms with E-state index in [9.17, 15) is 18.0 Å². The van der Waals surface area contributed by atoms with E-state index in [0.29, 0.717) is 28.5 Å². The predicted octanol–water partition coefficient (Wildman–Crippen LogP) is 5.15. The molecule has 10 heteroatoms. The van der Waals surface area contributed by atoms with Crippen LogP contribution in [0.3, 0.4) is 0 Å². The average molecular weight is 487 g/mol. The molecule has 4 aromatic rings. The molecule has 4 rings (SSSR count). The molecule has 0 aliphatic rings. The largest absolute Gasteiger partial charge is 0.464 e. The quantitative estimate of drug-likeness (QED) is 0.352. The van der Waals surface area contributed by atoms with Gasteiger partial charge in [0, 0.05) is 30.4 Å². The fourth-order valence-corrected chi connectivity index (χ4v) is 4.43. The van der Waals surface area contributed by atoms with E-state index < -0.39 is 17.7 Å². The lowest BCUT2D eigenvalue weighted by Gasteiger charge is -2.13. The molecule has 6 nitrogen and oxygen atoms in total. The van der Waals surface area contributed by atoms with Crippen molar-refractivity contribution < 1.29 is 22.7 Å². The minimum absolute atomic E-state index is 0.194. The van der Waals surface area contributed by atoms with Crippen molar-refractivity contribution in [3.63, 3.8) is 0 Å². The van der Waals surface area contributed by atoms with Crippen LogP contribution in [0.1, 0.15) is 21.6 Å². The molecule has 1 atom stereocenters. The number of carbonyl (C=O) groups is 1. The first kappa shape index (κ1) is 23.7. The Bertz CT molecular complexity index is 1310. The molecule has 0 saturated heterocycles. The lowest BCUT2D eigenvalue weighted by molar-refractivity contribution is -0.137. The summed E-state index contributed by atoms with van der Waals surface area (Å²) in [7, 11) is 1.30. The van der Waals surface area contributed by atoms with Crippen LogP contribution in [0.4, 0.5) is 18.3 Å². The van der Waals surface area contributed by atoms with Gasteiger partial charge >= 0.3 is 12.1 Å². The van der Waals surface area contributed by atoms with Crippen LogP contribution in [0.15, 0.2) is 60.9 Å². The Hall–Kier alpha value is -3.50. The monoisotopic (exact) mass is 486 g/mol. The highest BCUT2D eigenvalue weighted by molar-refractivity contribution is 7.19. The van der Waals surface area contributed by atoms with Crippen LogP contribution < -0.4 is 11.1 Å². The van der Waals surface area contributed by atoms with Crippen LogP contribution in [0.5, 0.6) is 0 Å². The molecule has 0 aliphatic carbocycles. The fourth-order valence-electron chi connectivity index (χ4n) is 3.47. The SMILES string of the molecule is COC(=O)c1nc(NC[C@H](N)Cc2ccc(C(F)(F)F)cc2)sc1-c1ccc2cnccc2c1.